The molecule has 0 spiro atoms. The van der Waals surface area contributed by atoms with Gasteiger partial charge in [0.2, 0.25) is 0 Å². The van der Waals surface area contributed by atoms with Crippen molar-refractivity contribution < 1.29 is 0 Å². The molecular formula is C84H62N8S. The summed E-state index contributed by atoms with van der Waals surface area (Å²) in [6, 6.07) is 85.3. The minimum atomic E-state index is 0.512. The topological polar surface area (TPSA) is 71.3 Å². The van der Waals surface area contributed by atoms with E-state index in [1.807, 2.05) is 0 Å². The summed E-state index contributed by atoms with van der Waals surface area (Å²) in [6.45, 7) is 17.7. The molecule has 12 aromatic carbocycles. The van der Waals surface area contributed by atoms with Gasteiger partial charge in [-0.1, -0.05) is 170 Å². The Hall–Kier alpha value is -11.3. The van der Waals surface area contributed by atoms with Gasteiger partial charge in [0, 0.05) is 54.2 Å². The van der Waals surface area contributed by atoms with Crippen LogP contribution in [0.15, 0.2) is 231 Å². The van der Waals surface area contributed by atoms with Gasteiger partial charge >= 0.3 is 0 Å². The molecule has 0 fully saturated rings. The van der Waals surface area contributed by atoms with Crippen LogP contribution in [0.4, 0.5) is 0 Å². The molecule has 18 aromatic rings. The molecular weight excluding hydrogens is 1150 g/mol. The molecule has 0 atom stereocenters. The molecule has 444 valence electrons. The van der Waals surface area contributed by atoms with Crippen LogP contribution in [0.2, 0.25) is 0 Å². The molecule has 9 heteroatoms. The molecule has 0 bridgehead atoms. The van der Waals surface area contributed by atoms with Crippen LogP contribution in [-0.2, 0) is 0 Å². The highest BCUT2D eigenvalue weighted by molar-refractivity contribution is 7.21. The summed E-state index contributed by atoms with van der Waals surface area (Å²) in [5.41, 5.74) is 25.8. The molecule has 8 nitrogen and oxygen atoms in total. The van der Waals surface area contributed by atoms with Gasteiger partial charge in [-0.05, 0) is 161 Å². The van der Waals surface area contributed by atoms with Crippen LogP contribution in [-0.4, -0.2) is 38.2 Å². The maximum absolute atomic E-state index is 6.04. The van der Waals surface area contributed by atoms with Gasteiger partial charge in [0.05, 0.1) is 88.2 Å². The number of aryl methyl sites for hydroxylation is 8. The van der Waals surface area contributed by atoms with Crippen molar-refractivity contribution in [2.75, 3.05) is 0 Å². The largest absolute Gasteiger partial charge is 0.306 e. The lowest BCUT2D eigenvalue weighted by molar-refractivity contribution is 1.02. The van der Waals surface area contributed by atoms with Crippen molar-refractivity contribution in [3.8, 4) is 67.5 Å². The van der Waals surface area contributed by atoms with E-state index in [2.05, 4.69) is 304 Å². The van der Waals surface area contributed by atoms with Gasteiger partial charge < -0.3 is 18.3 Å². The van der Waals surface area contributed by atoms with E-state index in [0.717, 1.165) is 192 Å². The van der Waals surface area contributed by atoms with E-state index in [9.17, 15) is 0 Å². The third kappa shape index (κ3) is 8.43. The van der Waals surface area contributed by atoms with E-state index in [1.54, 1.807) is 11.3 Å². The van der Waals surface area contributed by atoms with E-state index in [4.69, 9.17) is 19.9 Å². The molecule has 93 heavy (non-hydrogen) atoms. The lowest BCUT2D eigenvalue weighted by atomic mass is 9.96. The van der Waals surface area contributed by atoms with E-state index < -0.39 is 0 Å². The summed E-state index contributed by atoms with van der Waals surface area (Å²) < 4.78 is 11.5. The van der Waals surface area contributed by atoms with E-state index >= 15 is 0 Å². The summed E-state index contributed by atoms with van der Waals surface area (Å²) in [5.74, 6) is 1.63. The molecule has 0 radical (unpaired) electrons. The fourth-order valence-corrected chi connectivity index (χ4v) is 15.8. The lowest BCUT2D eigenvalue weighted by Gasteiger charge is -2.30. The van der Waals surface area contributed by atoms with Crippen LogP contribution in [0.25, 0.3) is 165 Å². The second-order valence-electron chi connectivity index (χ2n) is 25.7. The Morgan fingerprint density at radius 1 is 0.247 bits per heavy atom. The summed E-state index contributed by atoms with van der Waals surface area (Å²) in [4.78, 5) is 23.6. The zero-order chi connectivity index (χ0) is 62.7. The molecule has 18 rings (SSSR count). The molecule has 0 amide bonds. The number of thiazole rings is 1. The summed E-state index contributed by atoms with van der Waals surface area (Å²) in [5, 5.41) is 9.99. The zero-order valence-electron chi connectivity index (χ0n) is 52.9. The Bertz CT molecular complexity index is 5610. The molecule has 0 aliphatic heterocycles. The van der Waals surface area contributed by atoms with Gasteiger partial charge in [0.15, 0.2) is 17.5 Å². The van der Waals surface area contributed by atoms with Gasteiger partial charge in [-0.15, -0.1) is 11.3 Å². The quantitative estimate of drug-likeness (QED) is 0.152. The molecule has 0 aliphatic carbocycles. The number of nitrogens with zero attached hydrogens (tertiary/aromatic N) is 8. The van der Waals surface area contributed by atoms with Crippen molar-refractivity contribution in [1.82, 2.24) is 38.2 Å². The first-order valence-electron chi connectivity index (χ1n) is 31.9. The highest BCUT2D eigenvalue weighted by atomic mass is 32.1. The second-order valence-corrected chi connectivity index (χ2v) is 26.7. The normalized spacial score (nSPS) is 12.1. The minimum absolute atomic E-state index is 0.512. The Balaban J connectivity index is 1.25. The second kappa shape index (κ2) is 20.6. The van der Waals surface area contributed by atoms with Gasteiger partial charge in [-0.3, -0.25) is 0 Å². The SMILES string of the molecule is Cc1ccc2c3ccc(C)cc3n(-c3c(-c4nc(-c5ccccc5)nc(-c5ccccc5)n4)c(-n4c5cc(C)ccc5c5ccc(C)cc54)c(-n4c5cc(C)ccc5c5ccc(C)cc54)c(-c4nc5ccccc5s4)c3-n3c4cc(C)ccc4c4ccc(C)cc43)c2c1. The van der Waals surface area contributed by atoms with Crippen molar-refractivity contribution >= 4 is 109 Å². The summed E-state index contributed by atoms with van der Waals surface area (Å²) in [6.07, 6.45) is 0. The van der Waals surface area contributed by atoms with E-state index in [-0.39, 0.29) is 0 Å². The Kier molecular flexibility index (Phi) is 12.1. The van der Waals surface area contributed by atoms with Crippen molar-refractivity contribution in [1.29, 1.82) is 0 Å². The third-order valence-electron chi connectivity index (χ3n) is 19.0. The fourth-order valence-electron chi connectivity index (χ4n) is 14.8. The van der Waals surface area contributed by atoms with Crippen LogP contribution in [0.1, 0.15) is 44.5 Å². The van der Waals surface area contributed by atoms with Gasteiger partial charge in [0.1, 0.15) is 5.01 Å². The van der Waals surface area contributed by atoms with Crippen molar-refractivity contribution in [2.45, 2.75) is 55.4 Å². The Morgan fingerprint density at radius 3 is 0.796 bits per heavy atom. The Labute approximate surface area is 541 Å². The standard InChI is InChI=1S/C84H62N8S/c1-47-23-31-57-58-32-24-48(2)40-67(58)89(66(57)39-47)77-75(83-87-81(55-17-11-9-12-18-55)86-82(88-83)56-19-13-10-14-20-56)78(90-68-41-49(3)25-33-59(68)60-34-26-50(4)42-69(60)90)80(92-72-45-53(7)29-37-63(72)64-38-30-54(8)46-73(64)92)76(84-85-65-21-15-16-22-74(65)93-84)79(77)91-70-43-51(5)27-35-61(70)62-36-28-52(6)44-71(62)91/h9-46H,1-8H3. The smallest absolute Gasteiger partial charge is 0.168 e. The van der Waals surface area contributed by atoms with Gasteiger partial charge in [-0.2, -0.15) is 0 Å². The maximum atomic E-state index is 6.04. The monoisotopic (exact) mass is 1210 g/mol. The molecule has 6 aromatic heterocycles. The number of rotatable bonds is 8. The maximum Gasteiger partial charge on any atom is 0.168 e. The van der Waals surface area contributed by atoms with E-state index in [1.165, 1.54) is 0 Å². The number of hydrogen-bond donors (Lipinski definition) is 0. The number of aromatic nitrogens is 8. The molecule has 0 N–H and O–H groups in total. The van der Waals surface area contributed by atoms with Crippen LogP contribution in [0, 0.1) is 55.4 Å². The number of para-hydroxylation sites is 1. The minimum Gasteiger partial charge on any atom is -0.306 e. The zero-order valence-corrected chi connectivity index (χ0v) is 53.7. The fraction of sp³-hybridized carbons (Fsp3) is 0.0952. The van der Waals surface area contributed by atoms with E-state index in [0.29, 0.717) is 17.5 Å². The molecule has 0 unspecified atom stereocenters. The molecule has 0 aliphatic rings. The van der Waals surface area contributed by atoms with Gasteiger partial charge in [0.25, 0.3) is 0 Å². The first-order chi connectivity index (χ1) is 45.4. The third-order valence-corrected chi connectivity index (χ3v) is 20.1. The number of fused-ring (bicyclic) bond motifs is 13. The molecule has 0 saturated heterocycles. The summed E-state index contributed by atoms with van der Waals surface area (Å²) in [7, 11) is 0. The van der Waals surface area contributed by atoms with Crippen molar-refractivity contribution in [3.05, 3.63) is 275 Å². The first-order valence-corrected chi connectivity index (χ1v) is 32.7. The average Bonchev–Trinajstić information content (AvgIpc) is 1.59. The van der Waals surface area contributed by atoms with Crippen molar-refractivity contribution in [3.63, 3.8) is 0 Å². The highest BCUT2D eigenvalue weighted by Gasteiger charge is 2.38. The van der Waals surface area contributed by atoms with Crippen LogP contribution in [0.3, 0.4) is 0 Å². The Morgan fingerprint density at radius 2 is 0.505 bits per heavy atom. The van der Waals surface area contributed by atoms with Crippen LogP contribution >= 0.6 is 11.3 Å². The van der Waals surface area contributed by atoms with Gasteiger partial charge in [-0.25, -0.2) is 19.9 Å². The highest BCUT2D eigenvalue weighted by Crippen LogP contribution is 2.55. The molecule has 6 heterocycles. The molecule has 0 saturated carbocycles. The predicted molar refractivity (Wildman–Crippen MR) is 390 cm³/mol. The van der Waals surface area contributed by atoms with Crippen LogP contribution in [0.5, 0.6) is 0 Å². The first kappa shape index (κ1) is 54.7. The summed E-state index contributed by atoms with van der Waals surface area (Å²) >= 11 is 1.75. The number of benzene rings is 12. The van der Waals surface area contributed by atoms with Crippen molar-refractivity contribution in [2.24, 2.45) is 0 Å². The van der Waals surface area contributed by atoms with Crippen LogP contribution < -0.4 is 0 Å². The predicted octanol–water partition coefficient (Wildman–Crippen LogP) is 22.0. The lowest BCUT2D eigenvalue weighted by Crippen LogP contribution is -2.17. The average molecular weight is 1220 g/mol. The number of hydrogen-bond acceptors (Lipinski definition) is 5.